The second-order valence-electron chi connectivity index (χ2n) is 7.99. The van der Waals surface area contributed by atoms with Crippen LogP contribution >= 0.6 is 11.8 Å². The van der Waals surface area contributed by atoms with E-state index >= 15 is 0 Å². The molecule has 0 atom stereocenters. The SMILES string of the molecule is CCN(CC)S(=O)(=O)c1ccc2c(c1)nc(SCC(=O)Nc1ccc(F)cc1)n2-c1ccccc1OC. The summed E-state index contributed by atoms with van der Waals surface area (Å²) in [7, 11) is -2.11. The maximum absolute atomic E-state index is 13.2. The number of rotatable bonds is 10. The summed E-state index contributed by atoms with van der Waals surface area (Å²) in [4.78, 5) is 17.5. The van der Waals surface area contributed by atoms with Gasteiger partial charge in [-0.15, -0.1) is 0 Å². The molecule has 0 bridgehead atoms. The number of fused-ring (bicyclic) bond motifs is 1. The van der Waals surface area contributed by atoms with Crippen molar-refractivity contribution in [1.29, 1.82) is 0 Å². The first kappa shape index (κ1) is 26.6. The van der Waals surface area contributed by atoms with Gasteiger partial charge in [-0.05, 0) is 54.6 Å². The number of methoxy groups -OCH3 is 1. The van der Waals surface area contributed by atoms with Crippen LogP contribution in [0.5, 0.6) is 5.75 Å². The molecule has 1 amide bonds. The normalized spacial score (nSPS) is 11.7. The Bertz CT molecular complexity index is 1520. The predicted molar refractivity (Wildman–Crippen MR) is 143 cm³/mol. The predicted octanol–water partition coefficient (Wildman–Crippen LogP) is 4.93. The Labute approximate surface area is 219 Å². The molecule has 11 heteroatoms. The van der Waals surface area contributed by atoms with Crippen LogP contribution in [0.25, 0.3) is 16.7 Å². The van der Waals surface area contributed by atoms with E-state index in [2.05, 4.69) is 5.32 Å². The fourth-order valence-corrected chi connectivity index (χ4v) is 6.22. The Kier molecular flexibility index (Phi) is 8.16. The molecule has 0 radical (unpaired) electrons. The fourth-order valence-electron chi connectivity index (χ4n) is 3.92. The monoisotopic (exact) mass is 542 g/mol. The summed E-state index contributed by atoms with van der Waals surface area (Å²) >= 11 is 1.20. The van der Waals surface area contributed by atoms with Crippen molar-refractivity contribution in [3.05, 3.63) is 72.5 Å². The third-order valence-electron chi connectivity index (χ3n) is 5.72. The minimum absolute atomic E-state index is 0.0282. The van der Waals surface area contributed by atoms with Crippen molar-refractivity contribution in [2.75, 3.05) is 31.3 Å². The number of carbonyl (C=O) groups is 1. The van der Waals surface area contributed by atoms with Gasteiger partial charge in [0.15, 0.2) is 5.16 Å². The first-order valence-corrected chi connectivity index (χ1v) is 14.0. The number of hydrogen-bond acceptors (Lipinski definition) is 6. The average Bonchev–Trinajstić information content (AvgIpc) is 3.26. The summed E-state index contributed by atoms with van der Waals surface area (Å²) in [5.41, 5.74) is 2.33. The maximum Gasteiger partial charge on any atom is 0.243 e. The molecule has 37 heavy (non-hydrogen) atoms. The number of hydrogen-bond donors (Lipinski definition) is 1. The van der Waals surface area contributed by atoms with Crippen LogP contribution in [-0.4, -0.2) is 54.1 Å². The lowest BCUT2D eigenvalue weighted by atomic mass is 10.2. The molecule has 0 aliphatic rings. The van der Waals surface area contributed by atoms with Crippen molar-refractivity contribution in [3.8, 4) is 11.4 Å². The van der Waals surface area contributed by atoms with Gasteiger partial charge >= 0.3 is 0 Å². The summed E-state index contributed by atoms with van der Waals surface area (Å²) in [5, 5.41) is 3.23. The number of ether oxygens (including phenoxy) is 1. The number of benzene rings is 3. The molecule has 1 N–H and O–H groups in total. The number of thioether (sulfide) groups is 1. The zero-order valence-corrected chi connectivity index (χ0v) is 22.3. The van der Waals surface area contributed by atoms with Crippen molar-refractivity contribution < 1.29 is 22.3 Å². The first-order valence-electron chi connectivity index (χ1n) is 11.6. The second kappa shape index (κ2) is 11.3. The fraction of sp³-hybridized carbons (Fsp3) is 0.231. The van der Waals surface area contributed by atoms with Crippen LogP contribution in [0.1, 0.15) is 13.8 Å². The summed E-state index contributed by atoms with van der Waals surface area (Å²) < 4.78 is 48.2. The minimum Gasteiger partial charge on any atom is -0.495 e. The van der Waals surface area contributed by atoms with Crippen LogP contribution in [-0.2, 0) is 14.8 Å². The van der Waals surface area contributed by atoms with E-state index in [0.29, 0.717) is 46.4 Å². The van der Waals surface area contributed by atoms with Gasteiger partial charge in [-0.3, -0.25) is 9.36 Å². The van der Waals surface area contributed by atoms with Gasteiger partial charge in [-0.2, -0.15) is 4.31 Å². The summed E-state index contributed by atoms with van der Waals surface area (Å²) in [6, 6.07) is 17.7. The number of nitrogens with one attached hydrogen (secondary N) is 1. The van der Waals surface area contributed by atoms with E-state index in [0.717, 1.165) is 0 Å². The molecular weight excluding hydrogens is 515 g/mol. The molecule has 0 aliphatic carbocycles. The molecule has 8 nitrogen and oxygen atoms in total. The highest BCUT2D eigenvalue weighted by atomic mass is 32.2. The highest BCUT2D eigenvalue weighted by Crippen LogP contribution is 2.34. The summed E-state index contributed by atoms with van der Waals surface area (Å²) in [6.07, 6.45) is 0. The summed E-state index contributed by atoms with van der Waals surface area (Å²) in [5.74, 6) is -0.0555. The molecule has 3 aromatic carbocycles. The van der Waals surface area contributed by atoms with Gasteiger partial charge in [-0.1, -0.05) is 37.7 Å². The van der Waals surface area contributed by atoms with Crippen molar-refractivity contribution >= 4 is 44.4 Å². The van der Waals surface area contributed by atoms with E-state index in [9.17, 15) is 17.6 Å². The van der Waals surface area contributed by atoms with Gasteiger partial charge in [0.2, 0.25) is 15.9 Å². The van der Waals surface area contributed by atoms with Gasteiger partial charge in [0.25, 0.3) is 0 Å². The van der Waals surface area contributed by atoms with Crippen LogP contribution in [0.4, 0.5) is 10.1 Å². The average molecular weight is 543 g/mol. The minimum atomic E-state index is -3.68. The van der Waals surface area contributed by atoms with Crippen molar-refractivity contribution in [2.45, 2.75) is 23.9 Å². The Morgan fingerprint density at radius 3 is 2.46 bits per heavy atom. The van der Waals surface area contributed by atoms with Gasteiger partial charge in [0, 0.05) is 18.8 Å². The van der Waals surface area contributed by atoms with Crippen LogP contribution < -0.4 is 10.1 Å². The molecule has 0 aliphatic heterocycles. The Morgan fingerprint density at radius 2 is 1.78 bits per heavy atom. The largest absolute Gasteiger partial charge is 0.495 e. The van der Waals surface area contributed by atoms with E-state index in [1.807, 2.05) is 28.8 Å². The van der Waals surface area contributed by atoms with Gasteiger partial charge in [0.05, 0.1) is 34.5 Å². The Morgan fingerprint density at radius 1 is 1.08 bits per heavy atom. The number of nitrogens with zero attached hydrogens (tertiary/aromatic N) is 3. The Balaban J connectivity index is 1.73. The van der Waals surface area contributed by atoms with E-state index in [1.165, 1.54) is 40.3 Å². The lowest BCUT2D eigenvalue weighted by molar-refractivity contribution is -0.113. The van der Waals surface area contributed by atoms with Crippen LogP contribution in [0, 0.1) is 5.82 Å². The van der Waals surface area contributed by atoms with Crippen LogP contribution in [0.2, 0.25) is 0 Å². The summed E-state index contributed by atoms with van der Waals surface area (Å²) in [6.45, 7) is 4.30. The van der Waals surface area contributed by atoms with Crippen molar-refractivity contribution in [3.63, 3.8) is 0 Å². The van der Waals surface area contributed by atoms with Crippen molar-refractivity contribution in [2.24, 2.45) is 0 Å². The van der Waals surface area contributed by atoms with Gasteiger partial charge < -0.3 is 10.1 Å². The number of carbonyl (C=O) groups excluding carboxylic acids is 1. The highest BCUT2D eigenvalue weighted by Gasteiger charge is 2.24. The smallest absolute Gasteiger partial charge is 0.243 e. The molecule has 4 rings (SSSR count). The molecule has 0 saturated heterocycles. The third-order valence-corrected chi connectivity index (χ3v) is 8.71. The number of sulfonamides is 1. The number of amides is 1. The number of imidazole rings is 1. The topological polar surface area (TPSA) is 93.5 Å². The molecule has 0 fully saturated rings. The molecule has 1 aromatic heterocycles. The molecule has 0 unspecified atom stereocenters. The van der Waals surface area contributed by atoms with Crippen LogP contribution in [0.3, 0.4) is 0 Å². The van der Waals surface area contributed by atoms with E-state index in [1.54, 1.807) is 39.2 Å². The molecule has 0 spiro atoms. The quantitative estimate of drug-likeness (QED) is 0.286. The lowest BCUT2D eigenvalue weighted by Gasteiger charge is -2.18. The number of aromatic nitrogens is 2. The number of para-hydroxylation sites is 2. The van der Waals surface area contributed by atoms with E-state index < -0.39 is 10.0 Å². The molecule has 0 saturated carbocycles. The standard InChI is InChI=1S/C26H27FN4O4S2/c1-4-30(5-2)37(33,34)20-14-15-22-21(16-20)29-26(31(22)23-8-6-7-9-24(23)35-3)36-17-25(32)28-19-12-10-18(27)11-13-19/h6-16H,4-5,17H2,1-3H3,(H,28,32). The Hall–Kier alpha value is -3.41. The highest BCUT2D eigenvalue weighted by molar-refractivity contribution is 7.99. The molecular formula is C26H27FN4O4S2. The third kappa shape index (κ3) is 5.63. The zero-order chi connectivity index (χ0) is 26.6. The van der Waals surface area contributed by atoms with E-state index in [4.69, 9.17) is 9.72 Å². The molecule has 194 valence electrons. The van der Waals surface area contributed by atoms with Crippen molar-refractivity contribution in [1.82, 2.24) is 13.9 Å². The van der Waals surface area contributed by atoms with E-state index in [-0.39, 0.29) is 22.4 Å². The zero-order valence-electron chi connectivity index (χ0n) is 20.6. The molecule has 1 heterocycles. The molecule has 4 aromatic rings. The number of halogens is 1. The van der Waals surface area contributed by atoms with Crippen LogP contribution in [0.15, 0.2) is 76.8 Å². The van der Waals surface area contributed by atoms with Gasteiger partial charge in [0.1, 0.15) is 11.6 Å². The maximum atomic E-state index is 13.2. The lowest BCUT2D eigenvalue weighted by Crippen LogP contribution is -2.30. The second-order valence-corrected chi connectivity index (χ2v) is 10.9. The van der Waals surface area contributed by atoms with Gasteiger partial charge in [-0.25, -0.2) is 17.8 Å². The first-order chi connectivity index (χ1) is 17.8. The number of anilines is 1.